The van der Waals surface area contributed by atoms with Gasteiger partial charge in [0.1, 0.15) is 12.3 Å². The topological polar surface area (TPSA) is 101 Å². The fourth-order valence-electron chi connectivity index (χ4n) is 2.53. The molecule has 1 aromatic rings. The molecule has 1 aliphatic carbocycles. The minimum atomic E-state index is -0.558. The number of hydrogen-bond donors (Lipinski definition) is 0. The van der Waals surface area contributed by atoms with Gasteiger partial charge in [-0.15, -0.1) is 0 Å². The standard InChI is InChI=1S/C14H18N2O6/c1-20-12-7-13(15-8-11(12)16(18)19)22-10-5-3-9(4-6-10)14(17)21-2/h7-10H,3-6H2,1-2H3. The number of carbonyl (C=O) groups is 1. The maximum Gasteiger partial charge on any atom is 0.329 e. The van der Waals surface area contributed by atoms with Crippen LogP contribution in [0.5, 0.6) is 11.6 Å². The van der Waals surface area contributed by atoms with E-state index >= 15 is 0 Å². The highest BCUT2D eigenvalue weighted by molar-refractivity contribution is 5.72. The molecule has 22 heavy (non-hydrogen) atoms. The van der Waals surface area contributed by atoms with Crippen LogP contribution < -0.4 is 9.47 Å². The molecule has 1 fully saturated rings. The molecule has 0 radical (unpaired) electrons. The number of pyridine rings is 1. The van der Waals surface area contributed by atoms with Crippen molar-refractivity contribution in [1.29, 1.82) is 0 Å². The average Bonchev–Trinajstić information content (AvgIpc) is 2.54. The minimum Gasteiger partial charge on any atom is -0.490 e. The highest BCUT2D eigenvalue weighted by Crippen LogP contribution is 2.32. The molecule has 0 amide bonds. The van der Waals surface area contributed by atoms with E-state index in [4.69, 9.17) is 14.2 Å². The predicted molar refractivity (Wildman–Crippen MR) is 75.8 cm³/mol. The Morgan fingerprint density at radius 3 is 2.55 bits per heavy atom. The number of methoxy groups -OCH3 is 2. The quantitative estimate of drug-likeness (QED) is 0.466. The molecule has 1 aromatic heterocycles. The Labute approximate surface area is 127 Å². The number of rotatable bonds is 5. The minimum absolute atomic E-state index is 0.0698. The van der Waals surface area contributed by atoms with Gasteiger partial charge in [-0.3, -0.25) is 14.9 Å². The number of esters is 1. The van der Waals surface area contributed by atoms with Crippen molar-refractivity contribution in [3.8, 4) is 11.6 Å². The monoisotopic (exact) mass is 310 g/mol. The molecule has 1 aliphatic rings. The Morgan fingerprint density at radius 1 is 1.32 bits per heavy atom. The lowest BCUT2D eigenvalue weighted by atomic mass is 9.87. The number of aromatic nitrogens is 1. The van der Waals surface area contributed by atoms with Crippen molar-refractivity contribution in [1.82, 2.24) is 4.98 Å². The Morgan fingerprint density at radius 2 is 2.00 bits per heavy atom. The summed E-state index contributed by atoms with van der Waals surface area (Å²) in [5.74, 6) is 0.125. The van der Waals surface area contributed by atoms with Crippen molar-refractivity contribution in [2.24, 2.45) is 5.92 Å². The molecule has 0 aromatic carbocycles. The van der Waals surface area contributed by atoms with Crippen molar-refractivity contribution in [3.05, 3.63) is 22.4 Å². The molecule has 0 spiro atoms. The molecule has 0 aliphatic heterocycles. The highest BCUT2D eigenvalue weighted by Gasteiger charge is 2.28. The number of ether oxygens (including phenoxy) is 3. The first-order chi connectivity index (χ1) is 10.5. The van der Waals surface area contributed by atoms with E-state index < -0.39 is 4.92 Å². The molecular formula is C14H18N2O6. The van der Waals surface area contributed by atoms with E-state index in [1.165, 1.54) is 20.3 Å². The number of nitro groups is 1. The number of hydrogen-bond acceptors (Lipinski definition) is 7. The second-order valence-corrected chi connectivity index (χ2v) is 5.07. The van der Waals surface area contributed by atoms with E-state index in [0.717, 1.165) is 6.20 Å². The van der Waals surface area contributed by atoms with Gasteiger partial charge in [0.25, 0.3) is 0 Å². The van der Waals surface area contributed by atoms with Crippen LogP contribution in [-0.2, 0) is 9.53 Å². The van der Waals surface area contributed by atoms with Crippen molar-refractivity contribution in [3.63, 3.8) is 0 Å². The molecular weight excluding hydrogens is 292 g/mol. The Bertz CT molecular complexity index is 554. The summed E-state index contributed by atoms with van der Waals surface area (Å²) in [4.78, 5) is 25.7. The van der Waals surface area contributed by atoms with Gasteiger partial charge < -0.3 is 14.2 Å². The zero-order valence-electron chi connectivity index (χ0n) is 12.5. The highest BCUT2D eigenvalue weighted by atomic mass is 16.6. The SMILES string of the molecule is COC(=O)C1CCC(Oc2cc(OC)c([N+](=O)[O-])cn2)CC1. The summed E-state index contributed by atoms with van der Waals surface area (Å²) in [7, 11) is 2.74. The van der Waals surface area contributed by atoms with Gasteiger partial charge in [0.05, 0.1) is 25.1 Å². The zero-order valence-corrected chi connectivity index (χ0v) is 12.5. The molecule has 0 N–H and O–H groups in total. The summed E-state index contributed by atoms with van der Waals surface area (Å²) in [6, 6.07) is 1.41. The van der Waals surface area contributed by atoms with Gasteiger partial charge in [-0.2, -0.15) is 0 Å². The molecule has 1 heterocycles. The van der Waals surface area contributed by atoms with E-state index in [9.17, 15) is 14.9 Å². The van der Waals surface area contributed by atoms with Gasteiger partial charge in [-0.25, -0.2) is 4.98 Å². The molecule has 8 heteroatoms. The Kier molecular flexibility index (Phi) is 5.13. The van der Waals surface area contributed by atoms with Gasteiger partial charge in [-0.1, -0.05) is 0 Å². The molecule has 2 rings (SSSR count). The third-order valence-electron chi connectivity index (χ3n) is 3.73. The van der Waals surface area contributed by atoms with Crippen LogP contribution in [0, 0.1) is 16.0 Å². The molecule has 1 saturated carbocycles. The lowest BCUT2D eigenvalue weighted by Gasteiger charge is -2.27. The zero-order chi connectivity index (χ0) is 16.1. The van der Waals surface area contributed by atoms with Crippen molar-refractivity contribution < 1.29 is 23.9 Å². The van der Waals surface area contributed by atoms with Crippen LogP contribution >= 0.6 is 0 Å². The van der Waals surface area contributed by atoms with Gasteiger partial charge in [-0.05, 0) is 25.7 Å². The van der Waals surface area contributed by atoms with Gasteiger partial charge in [0.15, 0.2) is 0 Å². The third-order valence-corrected chi connectivity index (χ3v) is 3.73. The Balaban J connectivity index is 1.98. The Hall–Kier alpha value is -2.38. The largest absolute Gasteiger partial charge is 0.490 e. The van der Waals surface area contributed by atoms with E-state index in [2.05, 4.69) is 4.98 Å². The molecule has 8 nitrogen and oxygen atoms in total. The molecule has 0 saturated heterocycles. The van der Waals surface area contributed by atoms with Crippen LogP contribution in [0.1, 0.15) is 25.7 Å². The summed E-state index contributed by atoms with van der Waals surface area (Å²) in [6.07, 6.45) is 3.86. The third kappa shape index (κ3) is 3.63. The van der Waals surface area contributed by atoms with E-state index in [-0.39, 0.29) is 35.3 Å². The summed E-state index contributed by atoms with van der Waals surface area (Å²) in [5.41, 5.74) is -0.204. The maximum atomic E-state index is 11.5. The molecule has 0 atom stereocenters. The first-order valence-electron chi connectivity index (χ1n) is 6.98. The fraction of sp³-hybridized carbons (Fsp3) is 0.571. The molecule has 0 unspecified atom stereocenters. The van der Waals surface area contributed by atoms with Crippen molar-refractivity contribution in [2.45, 2.75) is 31.8 Å². The van der Waals surface area contributed by atoms with Gasteiger partial charge in [0.2, 0.25) is 11.6 Å². The van der Waals surface area contributed by atoms with Crippen LogP contribution in [0.15, 0.2) is 12.3 Å². The lowest BCUT2D eigenvalue weighted by Crippen LogP contribution is -2.28. The van der Waals surface area contributed by atoms with E-state index in [1.54, 1.807) is 0 Å². The summed E-state index contributed by atoms with van der Waals surface area (Å²) in [6.45, 7) is 0. The molecule has 0 bridgehead atoms. The number of nitrogens with zero attached hydrogens (tertiary/aromatic N) is 2. The number of carbonyl (C=O) groups excluding carboxylic acids is 1. The van der Waals surface area contributed by atoms with Gasteiger partial charge >= 0.3 is 11.7 Å². The van der Waals surface area contributed by atoms with Crippen molar-refractivity contribution >= 4 is 11.7 Å². The van der Waals surface area contributed by atoms with Crippen LogP contribution in [0.25, 0.3) is 0 Å². The summed E-state index contributed by atoms with van der Waals surface area (Å²) in [5, 5.41) is 10.8. The summed E-state index contributed by atoms with van der Waals surface area (Å²) < 4.78 is 15.4. The second kappa shape index (κ2) is 7.06. The van der Waals surface area contributed by atoms with Crippen LogP contribution in [0.4, 0.5) is 5.69 Å². The van der Waals surface area contributed by atoms with Crippen LogP contribution in [0.3, 0.4) is 0 Å². The predicted octanol–water partition coefficient (Wildman–Crippen LogP) is 2.11. The maximum absolute atomic E-state index is 11.5. The van der Waals surface area contributed by atoms with E-state index in [1.807, 2.05) is 0 Å². The first kappa shape index (κ1) is 16.0. The summed E-state index contributed by atoms with van der Waals surface area (Å²) >= 11 is 0. The van der Waals surface area contributed by atoms with Crippen molar-refractivity contribution in [2.75, 3.05) is 14.2 Å². The van der Waals surface area contributed by atoms with Crippen LogP contribution in [0.2, 0.25) is 0 Å². The fourth-order valence-corrected chi connectivity index (χ4v) is 2.53. The second-order valence-electron chi connectivity index (χ2n) is 5.07. The smallest absolute Gasteiger partial charge is 0.329 e. The van der Waals surface area contributed by atoms with Crippen LogP contribution in [-0.4, -0.2) is 36.2 Å². The first-order valence-corrected chi connectivity index (χ1v) is 6.98. The normalized spacial score (nSPS) is 21.0. The van der Waals surface area contributed by atoms with Gasteiger partial charge in [0, 0.05) is 6.07 Å². The average molecular weight is 310 g/mol. The lowest BCUT2D eigenvalue weighted by molar-refractivity contribution is -0.386. The van der Waals surface area contributed by atoms with E-state index in [0.29, 0.717) is 25.7 Å². The molecule has 120 valence electrons.